The molecule has 5 heteroatoms. The van der Waals surface area contributed by atoms with Gasteiger partial charge in [-0.15, -0.1) is 0 Å². The molecule has 1 N–H and O–H groups in total. The molecule has 0 unspecified atom stereocenters. The van der Waals surface area contributed by atoms with Gasteiger partial charge in [0.1, 0.15) is 17.1 Å². The molecule has 0 atom stereocenters. The summed E-state index contributed by atoms with van der Waals surface area (Å²) < 4.78 is 16.8. The zero-order valence-electron chi connectivity index (χ0n) is 19.5. The first-order chi connectivity index (χ1) is 15.9. The first kappa shape index (κ1) is 22.2. The van der Waals surface area contributed by atoms with E-state index in [1.165, 1.54) is 0 Å². The lowest BCUT2D eigenvalue weighted by molar-refractivity contribution is -0.111. The minimum absolute atomic E-state index is 0.191. The predicted molar refractivity (Wildman–Crippen MR) is 133 cm³/mol. The fraction of sp³-hybridized carbons (Fsp3) is 0.179. The number of allylic oxidation sites excluding steroid dienone is 1. The van der Waals surface area contributed by atoms with E-state index in [1.807, 2.05) is 75.4 Å². The molecule has 0 aliphatic carbocycles. The van der Waals surface area contributed by atoms with Crippen LogP contribution in [0.5, 0.6) is 11.5 Å². The molecule has 0 fully saturated rings. The summed E-state index contributed by atoms with van der Waals surface area (Å²) in [6.45, 7) is 5.92. The second kappa shape index (κ2) is 9.25. The van der Waals surface area contributed by atoms with Gasteiger partial charge < -0.3 is 19.2 Å². The lowest BCUT2D eigenvalue weighted by Gasteiger charge is -2.11. The highest BCUT2D eigenvalue weighted by Gasteiger charge is 2.15. The van der Waals surface area contributed by atoms with Crippen molar-refractivity contribution in [2.45, 2.75) is 20.8 Å². The lowest BCUT2D eigenvalue weighted by atomic mass is 9.99. The van der Waals surface area contributed by atoms with E-state index in [2.05, 4.69) is 5.32 Å². The van der Waals surface area contributed by atoms with Crippen molar-refractivity contribution in [1.82, 2.24) is 0 Å². The van der Waals surface area contributed by atoms with Gasteiger partial charge in [-0.2, -0.15) is 0 Å². The van der Waals surface area contributed by atoms with Gasteiger partial charge in [0.25, 0.3) is 0 Å². The van der Waals surface area contributed by atoms with E-state index in [1.54, 1.807) is 26.6 Å². The Morgan fingerprint density at radius 2 is 1.79 bits per heavy atom. The van der Waals surface area contributed by atoms with E-state index >= 15 is 0 Å². The Hall–Kier alpha value is -3.99. The van der Waals surface area contributed by atoms with E-state index in [0.29, 0.717) is 11.3 Å². The van der Waals surface area contributed by atoms with Crippen LogP contribution in [-0.4, -0.2) is 20.1 Å². The number of ether oxygens (including phenoxy) is 2. The van der Waals surface area contributed by atoms with Gasteiger partial charge in [0.2, 0.25) is 5.91 Å². The van der Waals surface area contributed by atoms with Crippen molar-refractivity contribution >= 4 is 28.1 Å². The van der Waals surface area contributed by atoms with Gasteiger partial charge in [-0.1, -0.05) is 24.3 Å². The molecule has 3 aromatic carbocycles. The summed E-state index contributed by atoms with van der Waals surface area (Å²) in [6, 6.07) is 17.6. The van der Waals surface area contributed by atoms with Crippen LogP contribution in [0, 0.1) is 13.8 Å². The van der Waals surface area contributed by atoms with Crippen molar-refractivity contribution in [2.24, 2.45) is 0 Å². The number of hydrogen-bond acceptors (Lipinski definition) is 4. The van der Waals surface area contributed by atoms with E-state index in [4.69, 9.17) is 13.9 Å². The van der Waals surface area contributed by atoms with Crippen molar-refractivity contribution in [2.75, 3.05) is 19.5 Å². The molecule has 1 aromatic heterocycles. The van der Waals surface area contributed by atoms with Crippen molar-refractivity contribution in [3.8, 4) is 22.6 Å². The number of aryl methyl sites for hydroxylation is 1. The van der Waals surface area contributed by atoms with Crippen molar-refractivity contribution < 1.29 is 18.7 Å². The third-order valence-corrected chi connectivity index (χ3v) is 5.91. The first-order valence-corrected chi connectivity index (χ1v) is 10.7. The molecule has 4 aromatic rings. The van der Waals surface area contributed by atoms with E-state index in [-0.39, 0.29) is 5.91 Å². The topological polar surface area (TPSA) is 60.7 Å². The monoisotopic (exact) mass is 441 g/mol. The Morgan fingerprint density at radius 1 is 1.00 bits per heavy atom. The molecule has 0 aliphatic heterocycles. The van der Waals surface area contributed by atoms with Gasteiger partial charge in [0, 0.05) is 34.3 Å². The van der Waals surface area contributed by atoms with Crippen LogP contribution in [0.3, 0.4) is 0 Å². The number of hydrogen-bond donors (Lipinski definition) is 1. The average Bonchev–Trinajstić information content (AvgIpc) is 3.24. The molecule has 33 heavy (non-hydrogen) atoms. The number of rotatable bonds is 6. The molecule has 168 valence electrons. The molecule has 0 radical (unpaired) electrons. The van der Waals surface area contributed by atoms with E-state index in [0.717, 1.165) is 50.2 Å². The molecular weight excluding hydrogens is 414 g/mol. The minimum atomic E-state index is -0.191. The number of methoxy groups -OCH3 is 2. The third kappa shape index (κ3) is 4.48. The molecule has 1 heterocycles. The van der Waals surface area contributed by atoms with Gasteiger partial charge >= 0.3 is 0 Å². The second-order valence-corrected chi connectivity index (χ2v) is 7.99. The van der Waals surface area contributed by atoms with Crippen molar-refractivity contribution in [3.63, 3.8) is 0 Å². The van der Waals surface area contributed by atoms with Gasteiger partial charge in [-0.05, 0) is 67.3 Å². The van der Waals surface area contributed by atoms with Crippen LogP contribution in [0.2, 0.25) is 0 Å². The van der Waals surface area contributed by atoms with Crippen LogP contribution in [0.1, 0.15) is 23.6 Å². The number of nitrogens with one attached hydrogen (secondary N) is 1. The van der Waals surface area contributed by atoms with E-state index < -0.39 is 0 Å². The molecule has 1 amide bonds. The molecule has 0 saturated heterocycles. The fourth-order valence-electron chi connectivity index (χ4n) is 3.88. The standard InChI is InChI=1S/C28H27NO4/c1-17-8-6-11-25(19(17)3)29-28(30)12-18(2)22-14-23-24(16-33-27(23)15-26(22)32-5)20-9-7-10-21(13-20)31-4/h6-16H,1-5H3,(H,29,30)/b18-12+. The summed E-state index contributed by atoms with van der Waals surface area (Å²) in [7, 11) is 3.26. The predicted octanol–water partition coefficient (Wildman–Crippen LogP) is 6.78. The number of benzene rings is 3. The summed E-state index contributed by atoms with van der Waals surface area (Å²) in [6.07, 6.45) is 3.33. The Labute approximate surface area is 193 Å². The lowest BCUT2D eigenvalue weighted by Crippen LogP contribution is -2.10. The number of anilines is 1. The first-order valence-electron chi connectivity index (χ1n) is 10.7. The maximum absolute atomic E-state index is 12.8. The van der Waals surface area contributed by atoms with Crippen LogP contribution in [-0.2, 0) is 4.79 Å². The molecule has 4 rings (SSSR count). The Morgan fingerprint density at radius 3 is 2.55 bits per heavy atom. The third-order valence-electron chi connectivity index (χ3n) is 5.91. The summed E-state index contributed by atoms with van der Waals surface area (Å²) in [5.74, 6) is 1.22. The average molecular weight is 442 g/mol. The molecule has 0 spiro atoms. The Balaban J connectivity index is 1.72. The SMILES string of the molecule is COc1cccc(-c2coc3cc(OC)c(/C(C)=C/C(=O)Nc4cccc(C)c4C)cc23)c1. The second-order valence-electron chi connectivity index (χ2n) is 7.99. The summed E-state index contributed by atoms with van der Waals surface area (Å²) in [5, 5.41) is 3.91. The van der Waals surface area contributed by atoms with Crippen LogP contribution >= 0.6 is 0 Å². The summed E-state index contributed by atoms with van der Waals surface area (Å²) in [5.41, 5.74) is 7.24. The smallest absolute Gasteiger partial charge is 0.248 e. The summed E-state index contributed by atoms with van der Waals surface area (Å²) >= 11 is 0. The van der Waals surface area contributed by atoms with Gasteiger partial charge in [-0.3, -0.25) is 4.79 Å². The number of amides is 1. The van der Waals surface area contributed by atoms with Crippen molar-refractivity contribution in [3.05, 3.63) is 83.6 Å². The quantitative estimate of drug-likeness (QED) is 0.335. The van der Waals surface area contributed by atoms with Crippen LogP contribution in [0.4, 0.5) is 5.69 Å². The fourth-order valence-corrected chi connectivity index (χ4v) is 3.88. The van der Waals surface area contributed by atoms with Gasteiger partial charge in [-0.25, -0.2) is 0 Å². The highest BCUT2D eigenvalue weighted by Crippen LogP contribution is 2.38. The van der Waals surface area contributed by atoms with Gasteiger partial charge in [0.15, 0.2) is 0 Å². The largest absolute Gasteiger partial charge is 0.497 e. The highest BCUT2D eigenvalue weighted by atomic mass is 16.5. The van der Waals surface area contributed by atoms with Gasteiger partial charge in [0.05, 0.1) is 20.5 Å². The molecule has 0 bridgehead atoms. The molecule has 0 saturated carbocycles. The molecule has 5 nitrogen and oxygen atoms in total. The normalized spacial score (nSPS) is 11.5. The van der Waals surface area contributed by atoms with Crippen LogP contribution in [0.25, 0.3) is 27.7 Å². The zero-order chi connectivity index (χ0) is 23.5. The van der Waals surface area contributed by atoms with Crippen LogP contribution in [0.15, 0.2) is 71.4 Å². The maximum Gasteiger partial charge on any atom is 0.248 e. The zero-order valence-corrected chi connectivity index (χ0v) is 19.5. The van der Waals surface area contributed by atoms with Crippen LogP contribution < -0.4 is 14.8 Å². The Kier molecular flexibility index (Phi) is 6.22. The molecule has 0 aliphatic rings. The number of fused-ring (bicyclic) bond motifs is 1. The summed E-state index contributed by atoms with van der Waals surface area (Å²) in [4.78, 5) is 12.8. The molecular formula is C28H27NO4. The maximum atomic E-state index is 12.8. The highest BCUT2D eigenvalue weighted by molar-refractivity contribution is 6.05. The number of furan rings is 1. The number of carbonyl (C=O) groups excluding carboxylic acids is 1. The minimum Gasteiger partial charge on any atom is -0.497 e. The Bertz CT molecular complexity index is 1360. The number of carbonyl (C=O) groups is 1. The van der Waals surface area contributed by atoms with E-state index in [9.17, 15) is 4.79 Å². The van der Waals surface area contributed by atoms with Crippen molar-refractivity contribution in [1.29, 1.82) is 0 Å².